The van der Waals surface area contributed by atoms with E-state index in [0.717, 1.165) is 6.07 Å². The third kappa shape index (κ3) is 3.57. The van der Waals surface area contributed by atoms with Crippen molar-refractivity contribution in [2.45, 2.75) is 43.6 Å². The fraction of sp³-hybridized carbons (Fsp3) is 0.375. The molecular weight excluding hydrogens is 458 g/mol. The zero-order chi connectivity index (χ0) is 24.2. The first-order valence-corrected chi connectivity index (χ1v) is 11.5. The number of pyridine rings is 1. The summed E-state index contributed by atoms with van der Waals surface area (Å²) < 4.78 is 35.3. The summed E-state index contributed by atoms with van der Waals surface area (Å²) in [5.74, 6) is -1.76. The van der Waals surface area contributed by atoms with E-state index in [1.54, 1.807) is 34.3 Å². The molecule has 0 radical (unpaired) electrons. The van der Waals surface area contributed by atoms with Gasteiger partial charge in [0.05, 0.1) is 24.1 Å². The second kappa shape index (κ2) is 8.19. The molecule has 2 amide bonds. The van der Waals surface area contributed by atoms with Crippen LogP contribution >= 0.6 is 0 Å². The Labute approximate surface area is 199 Å². The van der Waals surface area contributed by atoms with Gasteiger partial charge in [-0.05, 0) is 42.7 Å². The first kappa shape index (κ1) is 21.8. The molecule has 9 nitrogen and oxygen atoms in total. The Morgan fingerprint density at radius 3 is 2.57 bits per heavy atom. The predicted octanol–water partition coefficient (Wildman–Crippen LogP) is 2.64. The van der Waals surface area contributed by atoms with Gasteiger partial charge in [-0.3, -0.25) is 14.6 Å². The Bertz CT molecular complexity index is 1270. The van der Waals surface area contributed by atoms with Crippen LogP contribution in [0.15, 0.2) is 48.9 Å². The Morgan fingerprint density at radius 2 is 1.86 bits per heavy atom. The number of hydrogen-bond acceptors (Lipinski definition) is 6. The van der Waals surface area contributed by atoms with E-state index >= 15 is 0 Å². The summed E-state index contributed by atoms with van der Waals surface area (Å²) in [4.78, 5) is 34.1. The van der Waals surface area contributed by atoms with Gasteiger partial charge in [0.1, 0.15) is 17.9 Å². The number of carbonyl (C=O) groups excluding carboxylic acids is 2. The fourth-order valence-electron chi connectivity index (χ4n) is 5.42. The highest BCUT2D eigenvalue weighted by Gasteiger charge is 2.58. The summed E-state index contributed by atoms with van der Waals surface area (Å²) in [6.45, 7) is 0.644. The van der Waals surface area contributed by atoms with Gasteiger partial charge in [-0.2, -0.15) is 0 Å². The molecule has 5 heterocycles. The minimum Gasteiger partial charge on any atom is -0.342 e. The maximum atomic E-state index is 13.8. The van der Waals surface area contributed by atoms with Gasteiger partial charge < -0.3 is 14.5 Å². The third-order valence-electron chi connectivity index (χ3n) is 7.11. The van der Waals surface area contributed by atoms with Gasteiger partial charge in [0, 0.05) is 38.2 Å². The Morgan fingerprint density at radius 1 is 1.09 bits per heavy atom. The number of ether oxygens (including phenoxy) is 1. The number of rotatable bonds is 3. The number of halogens is 2. The largest absolute Gasteiger partial charge is 0.342 e. The van der Waals surface area contributed by atoms with Crippen molar-refractivity contribution in [3.8, 4) is 5.69 Å². The smallest absolute Gasteiger partial charge is 0.274 e. The molecule has 1 unspecified atom stereocenters. The van der Waals surface area contributed by atoms with Gasteiger partial charge in [0.2, 0.25) is 0 Å². The highest BCUT2D eigenvalue weighted by molar-refractivity contribution is 5.93. The molecule has 1 aromatic carbocycles. The fourth-order valence-corrected chi connectivity index (χ4v) is 5.42. The average Bonchev–Trinajstić information content (AvgIpc) is 3.56. The van der Waals surface area contributed by atoms with Crippen molar-refractivity contribution in [1.82, 2.24) is 29.8 Å². The van der Waals surface area contributed by atoms with Gasteiger partial charge in [0.15, 0.2) is 11.3 Å². The van der Waals surface area contributed by atoms with Crippen LogP contribution in [0.3, 0.4) is 0 Å². The van der Waals surface area contributed by atoms with Gasteiger partial charge >= 0.3 is 0 Å². The molecule has 0 aliphatic carbocycles. The molecule has 0 bridgehead atoms. The van der Waals surface area contributed by atoms with Crippen LogP contribution in [0.5, 0.6) is 0 Å². The Balaban J connectivity index is 1.18. The minimum atomic E-state index is -1.03. The summed E-state index contributed by atoms with van der Waals surface area (Å²) in [5.41, 5.74) is 0.328. The predicted molar refractivity (Wildman–Crippen MR) is 117 cm³/mol. The number of amides is 2. The van der Waals surface area contributed by atoms with Crippen molar-refractivity contribution < 1.29 is 23.1 Å². The van der Waals surface area contributed by atoms with E-state index < -0.39 is 29.5 Å². The van der Waals surface area contributed by atoms with E-state index in [0.29, 0.717) is 55.7 Å². The second-order valence-corrected chi connectivity index (χ2v) is 9.11. The van der Waals surface area contributed by atoms with Crippen LogP contribution < -0.4 is 0 Å². The number of likely N-dealkylation sites (tertiary alicyclic amines) is 1. The highest BCUT2D eigenvalue weighted by atomic mass is 19.1. The topological polar surface area (TPSA) is 93.4 Å². The van der Waals surface area contributed by atoms with Crippen LogP contribution in [0.25, 0.3) is 5.69 Å². The Hall–Kier alpha value is -3.73. The maximum absolute atomic E-state index is 13.8. The molecule has 3 saturated heterocycles. The van der Waals surface area contributed by atoms with Crippen molar-refractivity contribution in [2.75, 3.05) is 13.1 Å². The SMILES string of the molecule is O=C(c1cnnn1-c1cccnc1)N1CCC2(CC1)OC1CC[C@@H](c3cc(F)cc(F)c3)N1C2=O. The van der Waals surface area contributed by atoms with Gasteiger partial charge in [-0.15, -0.1) is 5.10 Å². The zero-order valence-electron chi connectivity index (χ0n) is 18.7. The lowest BCUT2D eigenvalue weighted by atomic mass is 9.89. The van der Waals surface area contributed by atoms with E-state index in [1.165, 1.54) is 23.0 Å². The summed E-state index contributed by atoms with van der Waals surface area (Å²) >= 11 is 0. The second-order valence-electron chi connectivity index (χ2n) is 9.11. The minimum absolute atomic E-state index is 0.177. The molecule has 0 N–H and O–H groups in total. The van der Waals surface area contributed by atoms with Crippen LogP contribution in [-0.4, -0.2) is 66.5 Å². The molecule has 11 heteroatoms. The number of hydrogen-bond donors (Lipinski definition) is 0. The lowest BCUT2D eigenvalue weighted by Crippen LogP contribution is -2.51. The van der Waals surface area contributed by atoms with E-state index in [-0.39, 0.29) is 11.8 Å². The average molecular weight is 480 g/mol. The maximum Gasteiger partial charge on any atom is 0.274 e. The summed E-state index contributed by atoms with van der Waals surface area (Å²) in [6, 6.07) is 6.46. The van der Waals surface area contributed by atoms with Crippen LogP contribution in [-0.2, 0) is 9.53 Å². The molecule has 3 aromatic rings. The summed E-state index contributed by atoms with van der Waals surface area (Å²) in [7, 11) is 0. The van der Waals surface area contributed by atoms with Gasteiger partial charge in [0.25, 0.3) is 11.8 Å². The monoisotopic (exact) mass is 480 g/mol. The molecule has 3 fully saturated rings. The van der Waals surface area contributed by atoms with E-state index in [1.807, 2.05) is 0 Å². The number of fused-ring (bicyclic) bond motifs is 1. The molecule has 35 heavy (non-hydrogen) atoms. The van der Waals surface area contributed by atoms with Crippen LogP contribution in [0.2, 0.25) is 0 Å². The van der Waals surface area contributed by atoms with Gasteiger partial charge in [-0.1, -0.05) is 5.21 Å². The third-order valence-corrected chi connectivity index (χ3v) is 7.11. The first-order chi connectivity index (χ1) is 16.9. The van der Waals surface area contributed by atoms with E-state index in [2.05, 4.69) is 15.3 Å². The number of piperidine rings is 1. The Kier molecular flexibility index (Phi) is 5.10. The molecule has 0 saturated carbocycles. The molecule has 3 aliphatic rings. The molecular formula is C24H22F2N6O3. The molecule has 1 spiro atoms. The van der Waals surface area contributed by atoms with Gasteiger partial charge in [-0.25, -0.2) is 13.5 Å². The number of benzene rings is 1. The summed E-state index contributed by atoms with van der Waals surface area (Å²) in [6.07, 6.45) is 6.04. The quantitative estimate of drug-likeness (QED) is 0.572. The van der Waals surface area contributed by atoms with E-state index in [9.17, 15) is 18.4 Å². The normalized spacial score (nSPS) is 23.2. The first-order valence-electron chi connectivity index (χ1n) is 11.5. The lowest BCUT2D eigenvalue weighted by molar-refractivity contribution is -0.142. The molecule has 6 rings (SSSR count). The molecule has 2 aromatic heterocycles. The van der Waals surface area contributed by atoms with E-state index in [4.69, 9.17) is 4.74 Å². The van der Waals surface area contributed by atoms with Crippen molar-refractivity contribution in [2.24, 2.45) is 0 Å². The number of carbonyl (C=O) groups is 2. The van der Waals surface area contributed by atoms with Crippen molar-refractivity contribution in [3.05, 3.63) is 71.8 Å². The van der Waals surface area contributed by atoms with Crippen molar-refractivity contribution in [1.29, 1.82) is 0 Å². The molecule has 2 atom stereocenters. The van der Waals surface area contributed by atoms with Crippen molar-refractivity contribution in [3.63, 3.8) is 0 Å². The van der Waals surface area contributed by atoms with Crippen molar-refractivity contribution >= 4 is 11.8 Å². The van der Waals surface area contributed by atoms with Crippen LogP contribution in [0.1, 0.15) is 47.8 Å². The summed E-state index contributed by atoms with van der Waals surface area (Å²) in [5, 5.41) is 7.90. The van der Waals surface area contributed by atoms with Crippen LogP contribution in [0, 0.1) is 11.6 Å². The zero-order valence-corrected chi connectivity index (χ0v) is 18.7. The standard InChI is InChI=1S/C24H22F2N6O3/c25-16-10-15(11-17(26)12-16)19-3-4-21-31(19)23(34)24(35-21)5-8-30(9-6-24)22(33)20-14-28-29-32(20)18-2-1-7-27-13-18/h1-2,7,10-14,19,21H,3-6,8-9H2/t19-,21?/m0/s1. The number of aromatic nitrogens is 4. The number of nitrogens with zero attached hydrogens (tertiary/aromatic N) is 6. The highest BCUT2D eigenvalue weighted by Crippen LogP contribution is 2.47. The molecule has 3 aliphatic heterocycles. The van der Waals surface area contributed by atoms with Crippen LogP contribution in [0.4, 0.5) is 8.78 Å². The lowest BCUT2D eigenvalue weighted by Gasteiger charge is -2.37. The molecule has 180 valence electrons.